The van der Waals surface area contributed by atoms with Crippen molar-refractivity contribution in [3.63, 3.8) is 0 Å². The lowest BCUT2D eigenvalue weighted by molar-refractivity contribution is 0.000834. The Morgan fingerprint density at radius 3 is 2.38 bits per heavy atom. The number of carbonyl (C=O) groups excluding carboxylic acids is 2. The van der Waals surface area contributed by atoms with Crippen molar-refractivity contribution in [1.82, 2.24) is 29.2 Å². The number of imidazole rings is 1. The lowest BCUT2D eigenvalue weighted by atomic mass is 9.96. The molecule has 3 aromatic heterocycles. The summed E-state index contributed by atoms with van der Waals surface area (Å²) < 4.78 is 21.6. The molecule has 2 amide bonds. The maximum atomic E-state index is 13.5. The monoisotopic (exact) mass is 644 g/mol. The molecule has 2 aliphatic carbocycles. The summed E-state index contributed by atoms with van der Waals surface area (Å²) in [5, 5.41) is 13.5. The highest BCUT2D eigenvalue weighted by Crippen LogP contribution is 2.34. The number of rotatable bonds is 8. The first-order chi connectivity index (χ1) is 22.8. The Balaban J connectivity index is 1.11. The molecular weight excluding hydrogens is 604 g/mol. The summed E-state index contributed by atoms with van der Waals surface area (Å²) in [6, 6.07) is 7.33. The van der Waals surface area contributed by atoms with E-state index in [9.17, 15) is 14.4 Å². The van der Waals surface area contributed by atoms with Crippen LogP contribution in [0.4, 0.5) is 26.8 Å². The van der Waals surface area contributed by atoms with Gasteiger partial charge in [0.1, 0.15) is 18.0 Å². The number of nitrogens with one attached hydrogen (secondary N) is 3. The van der Waals surface area contributed by atoms with Gasteiger partial charge in [0, 0.05) is 68.2 Å². The first kappa shape index (κ1) is 30.8. The van der Waals surface area contributed by atoms with Gasteiger partial charge < -0.3 is 24.8 Å². The predicted octanol–water partition coefficient (Wildman–Crippen LogP) is 4.98. The maximum absolute atomic E-state index is 13.5. The van der Waals surface area contributed by atoms with Crippen LogP contribution in [0.5, 0.6) is 0 Å². The summed E-state index contributed by atoms with van der Waals surface area (Å²) in [5.74, 6) is 0.538. The third kappa shape index (κ3) is 6.82. The molecule has 1 saturated heterocycles. The van der Waals surface area contributed by atoms with Crippen molar-refractivity contribution < 1.29 is 23.8 Å². The Morgan fingerprint density at radius 2 is 1.64 bits per heavy atom. The smallest absolute Gasteiger partial charge is 0.411 e. The Hall–Kier alpha value is -4.85. The molecule has 1 aromatic carbocycles. The largest absolute Gasteiger partial charge is 0.446 e. The molecule has 0 spiro atoms. The highest BCUT2D eigenvalue weighted by Gasteiger charge is 2.31. The number of hydrogen-bond donors (Lipinski definition) is 3. The molecule has 14 heteroatoms. The number of anilines is 3. The van der Waals surface area contributed by atoms with E-state index in [-0.39, 0.29) is 30.0 Å². The summed E-state index contributed by atoms with van der Waals surface area (Å²) >= 11 is 0. The normalized spacial score (nSPS) is 20.1. The van der Waals surface area contributed by atoms with Gasteiger partial charge in [-0.1, -0.05) is 0 Å². The molecule has 3 fully saturated rings. The van der Waals surface area contributed by atoms with E-state index < -0.39 is 12.2 Å². The number of aryl methyl sites for hydroxylation is 2. The Kier molecular flexibility index (Phi) is 8.58. The topological polar surface area (TPSA) is 156 Å². The highest BCUT2D eigenvalue weighted by molar-refractivity contribution is 5.88. The molecule has 1 aliphatic heterocycles. The second kappa shape index (κ2) is 13.1. The van der Waals surface area contributed by atoms with E-state index in [4.69, 9.17) is 14.2 Å². The van der Waals surface area contributed by atoms with Crippen molar-refractivity contribution in [2.45, 2.75) is 75.7 Å². The van der Waals surface area contributed by atoms with Gasteiger partial charge in [-0.3, -0.25) is 19.1 Å². The van der Waals surface area contributed by atoms with Gasteiger partial charge in [-0.05, 0) is 62.3 Å². The molecule has 47 heavy (non-hydrogen) atoms. The zero-order chi connectivity index (χ0) is 32.5. The Morgan fingerprint density at radius 1 is 0.872 bits per heavy atom. The van der Waals surface area contributed by atoms with Gasteiger partial charge in [0.05, 0.1) is 36.6 Å². The zero-order valence-corrected chi connectivity index (χ0v) is 26.6. The van der Waals surface area contributed by atoms with E-state index in [0.717, 1.165) is 48.7 Å². The molecular formula is C33H40N8O6. The average Bonchev–Trinajstić information content (AvgIpc) is 3.73. The first-order valence-electron chi connectivity index (χ1n) is 16.3. The minimum absolute atomic E-state index is 0.0367. The maximum Gasteiger partial charge on any atom is 0.411 e. The van der Waals surface area contributed by atoms with Crippen LogP contribution in [0.2, 0.25) is 0 Å². The van der Waals surface area contributed by atoms with Gasteiger partial charge in [-0.2, -0.15) is 5.10 Å². The number of pyridine rings is 1. The lowest BCUT2D eigenvalue weighted by Gasteiger charge is -2.25. The van der Waals surface area contributed by atoms with Crippen LogP contribution in [0.3, 0.4) is 0 Å². The minimum atomic E-state index is -0.488. The quantitative estimate of drug-likeness (QED) is 0.241. The van der Waals surface area contributed by atoms with Crippen LogP contribution in [0.1, 0.15) is 57.4 Å². The van der Waals surface area contributed by atoms with Crippen LogP contribution in [0.25, 0.3) is 22.2 Å². The van der Waals surface area contributed by atoms with Crippen LogP contribution in [-0.4, -0.2) is 67.5 Å². The standard InChI is InChI=1S/C33H40N8O6/c1-39-19-21(17-35-39)20-12-23(14-24(13-20)38-32(43)46-26-4-3-5-26)36-30-16-28-29(18-34-30)40(2)33(44)41(28)25-7-6-22(15-25)37-31(42)47-27-8-10-45-11-9-27/h12-14,16-19,22,25-27H,3-11,15H2,1-2H3,(H,34,36)(H,37,42)(H,38,43)/t22-,25-/m1/s1. The molecule has 0 radical (unpaired) electrons. The van der Waals surface area contributed by atoms with E-state index in [1.165, 1.54) is 0 Å². The SMILES string of the molecule is Cn1cc(-c2cc(NC(=O)OC3CCC3)cc(Nc3cc4c(cn3)n(C)c(=O)n4[C@@H]3CC[C@@H](NC(=O)OC4CCOCC4)C3)c2)cn1. The molecule has 2 saturated carbocycles. The molecule has 3 N–H and O–H groups in total. The van der Waals surface area contributed by atoms with Gasteiger partial charge in [-0.25, -0.2) is 19.4 Å². The Labute approximate surface area is 271 Å². The number of benzene rings is 1. The number of ether oxygens (including phenoxy) is 3. The number of carbonyl (C=O) groups is 2. The minimum Gasteiger partial charge on any atom is -0.446 e. The molecule has 14 nitrogen and oxygen atoms in total. The van der Waals surface area contributed by atoms with E-state index >= 15 is 0 Å². The van der Waals surface area contributed by atoms with Crippen LogP contribution < -0.4 is 21.6 Å². The fourth-order valence-corrected chi connectivity index (χ4v) is 6.59. The summed E-state index contributed by atoms with van der Waals surface area (Å²) in [6.45, 7) is 1.20. The van der Waals surface area contributed by atoms with Crippen molar-refractivity contribution in [2.24, 2.45) is 14.1 Å². The van der Waals surface area contributed by atoms with Crippen molar-refractivity contribution >= 4 is 40.4 Å². The van der Waals surface area contributed by atoms with Gasteiger partial charge in [-0.15, -0.1) is 0 Å². The van der Waals surface area contributed by atoms with Crippen molar-refractivity contribution in [3.8, 4) is 11.1 Å². The van der Waals surface area contributed by atoms with Gasteiger partial charge in [0.15, 0.2) is 0 Å². The van der Waals surface area contributed by atoms with Crippen LogP contribution in [0.15, 0.2) is 47.7 Å². The van der Waals surface area contributed by atoms with Gasteiger partial charge in [0.2, 0.25) is 0 Å². The lowest BCUT2D eigenvalue weighted by Crippen LogP contribution is -2.37. The summed E-state index contributed by atoms with van der Waals surface area (Å²) in [6.07, 6.45) is 10.6. The average molecular weight is 645 g/mol. The molecule has 248 valence electrons. The zero-order valence-electron chi connectivity index (χ0n) is 26.6. The van der Waals surface area contributed by atoms with E-state index in [1.807, 2.05) is 42.1 Å². The van der Waals surface area contributed by atoms with Crippen LogP contribution in [0, 0.1) is 0 Å². The van der Waals surface area contributed by atoms with Crippen LogP contribution in [-0.2, 0) is 28.3 Å². The summed E-state index contributed by atoms with van der Waals surface area (Å²) in [5.41, 5.74) is 4.31. The fourth-order valence-electron chi connectivity index (χ4n) is 6.59. The third-order valence-electron chi connectivity index (χ3n) is 9.33. The second-order valence-corrected chi connectivity index (χ2v) is 12.7. The fraction of sp³-hybridized carbons (Fsp3) is 0.485. The van der Waals surface area contributed by atoms with E-state index in [2.05, 4.69) is 26.0 Å². The first-order valence-corrected chi connectivity index (χ1v) is 16.3. The van der Waals surface area contributed by atoms with E-state index in [0.29, 0.717) is 55.2 Å². The highest BCUT2D eigenvalue weighted by atomic mass is 16.6. The number of hydrogen-bond acceptors (Lipinski definition) is 9. The number of fused-ring (bicyclic) bond motifs is 1. The van der Waals surface area contributed by atoms with Crippen LogP contribution >= 0.6 is 0 Å². The molecule has 2 atom stereocenters. The molecule has 0 unspecified atom stereocenters. The summed E-state index contributed by atoms with van der Waals surface area (Å²) in [4.78, 5) is 43.3. The Bertz CT molecular complexity index is 1840. The molecule has 4 aromatic rings. The molecule has 7 rings (SSSR count). The van der Waals surface area contributed by atoms with Gasteiger partial charge in [0.25, 0.3) is 0 Å². The molecule has 4 heterocycles. The molecule has 0 bridgehead atoms. The number of amides is 2. The third-order valence-corrected chi connectivity index (χ3v) is 9.33. The van der Waals surface area contributed by atoms with Gasteiger partial charge >= 0.3 is 17.9 Å². The number of alkyl carbamates (subject to hydrolysis) is 1. The van der Waals surface area contributed by atoms with Crippen molar-refractivity contribution in [3.05, 3.63) is 53.3 Å². The van der Waals surface area contributed by atoms with E-state index in [1.54, 1.807) is 28.7 Å². The number of aromatic nitrogens is 5. The second-order valence-electron chi connectivity index (χ2n) is 12.7. The van der Waals surface area contributed by atoms with Crippen molar-refractivity contribution in [1.29, 1.82) is 0 Å². The van der Waals surface area contributed by atoms with Crippen molar-refractivity contribution in [2.75, 3.05) is 23.8 Å². The summed E-state index contributed by atoms with van der Waals surface area (Å²) in [7, 11) is 3.59. The predicted molar refractivity (Wildman–Crippen MR) is 175 cm³/mol. The number of nitrogens with zero attached hydrogens (tertiary/aromatic N) is 5. The molecule has 3 aliphatic rings.